The van der Waals surface area contributed by atoms with Crippen molar-refractivity contribution in [3.05, 3.63) is 95.6 Å². The topological polar surface area (TPSA) is 68.2 Å². The first-order valence-electron chi connectivity index (χ1n) is 11.8. The number of hydrogen-bond acceptors (Lipinski definition) is 6. The Kier molecular flexibility index (Phi) is 10.3. The number of aliphatic hydroxyl groups is 1. The van der Waals surface area contributed by atoms with Crippen LogP contribution in [0.5, 0.6) is 11.5 Å². The molecule has 0 saturated carbocycles. The van der Waals surface area contributed by atoms with Gasteiger partial charge in [0.15, 0.2) is 17.3 Å². The van der Waals surface area contributed by atoms with Gasteiger partial charge in [-0.25, -0.2) is 0 Å². The smallest absolute Gasteiger partial charge is 0.191 e. The highest BCUT2D eigenvalue weighted by atomic mass is 16.5. The lowest BCUT2D eigenvalue weighted by Crippen LogP contribution is -2.36. The van der Waals surface area contributed by atoms with E-state index in [4.69, 9.17) is 14.2 Å². The average molecular weight is 478 g/mol. The summed E-state index contributed by atoms with van der Waals surface area (Å²) in [6, 6.07) is 24.8. The molecule has 1 N–H and O–H groups in total. The van der Waals surface area contributed by atoms with Crippen LogP contribution in [-0.2, 0) is 17.6 Å². The predicted molar refractivity (Wildman–Crippen MR) is 137 cm³/mol. The van der Waals surface area contributed by atoms with Gasteiger partial charge in [-0.1, -0.05) is 66.7 Å². The van der Waals surface area contributed by atoms with Crippen molar-refractivity contribution >= 4 is 5.78 Å². The van der Waals surface area contributed by atoms with Gasteiger partial charge in [-0.15, -0.1) is 0 Å². The molecule has 3 aromatic carbocycles. The van der Waals surface area contributed by atoms with Gasteiger partial charge in [0.1, 0.15) is 6.10 Å². The van der Waals surface area contributed by atoms with Gasteiger partial charge in [-0.2, -0.15) is 0 Å². The van der Waals surface area contributed by atoms with Crippen LogP contribution in [0.1, 0.15) is 21.5 Å². The van der Waals surface area contributed by atoms with E-state index >= 15 is 0 Å². The van der Waals surface area contributed by atoms with Crippen molar-refractivity contribution in [1.29, 1.82) is 0 Å². The number of ether oxygens (including phenoxy) is 3. The number of carbonyl (C=O) groups is 1. The second-order valence-electron chi connectivity index (χ2n) is 8.60. The van der Waals surface area contributed by atoms with Crippen LogP contribution in [0.25, 0.3) is 0 Å². The summed E-state index contributed by atoms with van der Waals surface area (Å²) in [5.74, 6) is 1.32. The molecule has 186 valence electrons. The highest BCUT2D eigenvalue weighted by molar-refractivity contribution is 5.99. The number of benzene rings is 3. The van der Waals surface area contributed by atoms with Crippen molar-refractivity contribution in [2.75, 3.05) is 41.0 Å². The maximum atomic E-state index is 13.1. The first-order chi connectivity index (χ1) is 17.0. The number of aliphatic hydroxyl groups excluding tert-OH is 1. The van der Waals surface area contributed by atoms with Gasteiger partial charge in [0.05, 0.1) is 26.9 Å². The summed E-state index contributed by atoms with van der Waals surface area (Å²) in [5.41, 5.74) is 2.75. The first kappa shape index (κ1) is 26.4. The minimum Gasteiger partial charge on any atom is -0.493 e. The minimum absolute atomic E-state index is 0.0801. The Bertz CT molecular complexity index is 1040. The number of likely N-dealkylation sites (N-methyl/N-ethyl adjacent to an activating group) is 1. The second-order valence-corrected chi connectivity index (χ2v) is 8.60. The molecule has 0 bridgehead atoms. The molecule has 0 aliphatic heterocycles. The Morgan fingerprint density at radius 2 is 1.54 bits per heavy atom. The standard InChI is InChI=1S/C29H35NO5/c1-30(17-16-23-14-15-26(33-2)27(18-23)34-3)20-25(31)21-35-28(19-22-10-6-4-7-11-22)29(32)24-12-8-5-9-13-24/h4-15,18,25,28,31H,16-17,19-21H2,1-3H3. The molecule has 6 nitrogen and oxygen atoms in total. The lowest BCUT2D eigenvalue weighted by atomic mass is 10.00. The highest BCUT2D eigenvalue weighted by Gasteiger charge is 2.23. The van der Waals surface area contributed by atoms with Crippen molar-refractivity contribution in [1.82, 2.24) is 4.90 Å². The number of Topliss-reactive ketones (excluding diaryl/α,β-unsaturated/α-hetero) is 1. The van der Waals surface area contributed by atoms with Crippen molar-refractivity contribution in [3.8, 4) is 11.5 Å². The van der Waals surface area contributed by atoms with E-state index in [1.165, 1.54) is 0 Å². The number of nitrogens with zero attached hydrogens (tertiary/aromatic N) is 1. The number of ketones is 1. The third kappa shape index (κ3) is 8.21. The lowest BCUT2D eigenvalue weighted by molar-refractivity contribution is -0.0110. The van der Waals surface area contributed by atoms with Crippen molar-refractivity contribution < 1.29 is 24.1 Å². The fourth-order valence-corrected chi connectivity index (χ4v) is 3.93. The van der Waals surface area contributed by atoms with E-state index in [1.54, 1.807) is 26.4 Å². The summed E-state index contributed by atoms with van der Waals surface area (Å²) in [7, 11) is 5.20. The SMILES string of the molecule is COc1ccc(CCN(C)CC(O)COC(Cc2ccccc2)C(=O)c2ccccc2)cc1OC. The summed E-state index contributed by atoms with van der Waals surface area (Å²) in [6.45, 7) is 1.27. The molecule has 0 fully saturated rings. The molecule has 0 saturated heterocycles. The third-order valence-corrected chi connectivity index (χ3v) is 5.86. The van der Waals surface area contributed by atoms with Gasteiger partial charge in [-0.05, 0) is 36.7 Å². The first-order valence-corrected chi connectivity index (χ1v) is 11.8. The van der Waals surface area contributed by atoms with Crippen LogP contribution in [0, 0.1) is 0 Å². The van der Waals surface area contributed by atoms with Crippen molar-refractivity contribution in [2.24, 2.45) is 0 Å². The monoisotopic (exact) mass is 477 g/mol. The molecular weight excluding hydrogens is 442 g/mol. The Morgan fingerprint density at radius 1 is 0.886 bits per heavy atom. The number of rotatable bonds is 14. The predicted octanol–water partition coefficient (Wildman–Crippen LogP) is 4.05. The summed E-state index contributed by atoms with van der Waals surface area (Å²) < 4.78 is 16.7. The summed E-state index contributed by atoms with van der Waals surface area (Å²) >= 11 is 0. The van der Waals surface area contributed by atoms with E-state index in [0.29, 0.717) is 30.0 Å². The molecule has 3 aromatic rings. The van der Waals surface area contributed by atoms with Crippen LogP contribution in [0.2, 0.25) is 0 Å². The van der Waals surface area contributed by atoms with Crippen molar-refractivity contribution in [2.45, 2.75) is 25.0 Å². The van der Waals surface area contributed by atoms with Crippen LogP contribution in [0.15, 0.2) is 78.9 Å². The van der Waals surface area contributed by atoms with Gasteiger partial charge >= 0.3 is 0 Å². The van der Waals surface area contributed by atoms with E-state index in [-0.39, 0.29) is 12.4 Å². The molecule has 0 radical (unpaired) electrons. The molecule has 0 spiro atoms. The van der Waals surface area contributed by atoms with E-state index < -0.39 is 12.2 Å². The second kappa shape index (κ2) is 13.6. The van der Waals surface area contributed by atoms with Gasteiger partial charge in [-0.3, -0.25) is 4.79 Å². The van der Waals surface area contributed by atoms with Gasteiger partial charge in [0, 0.05) is 25.1 Å². The molecule has 0 amide bonds. The fraction of sp³-hybridized carbons (Fsp3) is 0.345. The largest absolute Gasteiger partial charge is 0.493 e. The zero-order chi connectivity index (χ0) is 25.0. The van der Waals surface area contributed by atoms with Crippen LogP contribution in [-0.4, -0.2) is 69.0 Å². The third-order valence-electron chi connectivity index (χ3n) is 5.86. The molecule has 35 heavy (non-hydrogen) atoms. The average Bonchev–Trinajstić information content (AvgIpc) is 2.90. The van der Waals surface area contributed by atoms with E-state index in [1.807, 2.05) is 73.8 Å². The number of hydrogen-bond donors (Lipinski definition) is 1. The molecule has 0 aliphatic carbocycles. The zero-order valence-corrected chi connectivity index (χ0v) is 20.7. The summed E-state index contributed by atoms with van der Waals surface area (Å²) in [6.07, 6.45) is -0.122. The maximum Gasteiger partial charge on any atom is 0.191 e. The molecular formula is C29H35NO5. The Morgan fingerprint density at radius 3 is 2.20 bits per heavy atom. The molecule has 0 aromatic heterocycles. The number of methoxy groups -OCH3 is 2. The van der Waals surface area contributed by atoms with E-state index in [2.05, 4.69) is 4.90 Å². The fourth-order valence-electron chi connectivity index (χ4n) is 3.93. The Balaban J connectivity index is 1.53. The van der Waals surface area contributed by atoms with Crippen LogP contribution in [0.3, 0.4) is 0 Å². The number of carbonyl (C=O) groups excluding carboxylic acids is 1. The normalized spacial score (nSPS) is 12.8. The molecule has 0 aliphatic rings. The minimum atomic E-state index is -0.716. The molecule has 6 heteroatoms. The molecule has 3 rings (SSSR count). The summed E-state index contributed by atoms with van der Waals surface area (Å²) in [4.78, 5) is 15.2. The van der Waals surface area contributed by atoms with Gasteiger partial charge < -0.3 is 24.2 Å². The van der Waals surface area contributed by atoms with Gasteiger partial charge in [0.2, 0.25) is 0 Å². The van der Waals surface area contributed by atoms with Gasteiger partial charge in [0.25, 0.3) is 0 Å². The van der Waals surface area contributed by atoms with Crippen LogP contribution in [0.4, 0.5) is 0 Å². The van der Waals surface area contributed by atoms with Crippen LogP contribution >= 0.6 is 0 Å². The quantitative estimate of drug-likeness (QED) is 0.354. The molecule has 2 atom stereocenters. The Hall–Kier alpha value is -3.19. The Labute approximate surface area is 208 Å². The molecule has 2 unspecified atom stereocenters. The highest BCUT2D eigenvalue weighted by Crippen LogP contribution is 2.27. The van der Waals surface area contributed by atoms with E-state index in [9.17, 15) is 9.90 Å². The van der Waals surface area contributed by atoms with Crippen LogP contribution < -0.4 is 9.47 Å². The summed E-state index contributed by atoms with van der Waals surface area (Å²) in [5, 5.41) is 10.6. The van der Waals surface area contributed by atoms with Crippen molar-refractivity contribution in [3.63, 3.8) is 0 Å². The maximum absolute atomic E-state index is 13.1. The lowest BCUT2D eigenvalue weighted by Gasteiger charge is -2.23. The van der Waals surface area contributed by atoms with E-state index in [0.717, 1.165) is 24.1 Å². The molecule has 0 heterocycles. The zero-order valence-electron chi connectivity index (χ0n) is 20.7.